The minimum absolute atomic E-state index is 0.113. The fraction of sp³-hybridized carbons (Fsp3) is 0.257. The van der Waals surface area contributed by atoms with Gasteiger partial charge in [0.2, 0.25) is 0 Å². The highest BCUT2D eigenvalue weighted by Gasteiger charge is 2.66. The number of phenols is 1. The second-order valence-electron chi connectivity index (χ2n) is 11.7. The van der Waals surface area contributed by atoms with Crippen molar-refractivity contribution >= 4 is 29.0 Å². The molecule has 2 amide bonds. The second-order valence-corrected chi connectivity index (χ2v) is 11.7. The summed E-state index contributed by atoms with van der Waals surface area (Å²) in [4.78, 5) is 55.7. The third-order valence-electron chi connectivity index (χ3n) is 9.90. The molecule has 0 radical (unpaired) electrons. The van der Waals surface area contributed by atoms with Gasteiger partial charge in [0.15, 0.2) is 11.6 Å². The number of hydrogen-bond donors (Lipinski definition) is 2. The Balaban J connectivity index is 1.53. The largest absolute Gasteiger partial charge is 0.508 e. The summed E-state index contributed by atoms with van der Waals surface area (Å²) < 4.78 is 5.34. The third kappa shape index (κ3) is 3.72. The van der Waals surface area contributed by atoms with Crippen molar-refractivity contribution in [2.24, 2.45) is 23.7 Å². The van der Waals surface area contributed by atoms with Crippen LogP contribution in [0, 0.1) is 23.7 Å². The first-order valence-electron chi connectivity index (χ1n) is 14.3. The van der Waals surface area contributed by atoms with E-state index in [0.717, 1.165) is 0 Å². The molecule has 0 unspecified atom stereocenters. The van der Waals surface area contributed by atoms with Crippen molar-refractivity contribution in [3.05, 3.63) is 113 Å². The van der Waals surface area contributed by atoms with Crippen molar-refractivity contribution in [2.45, 2.75) is 24.2 Å². The number of nitrogens with zero attached hydrogens (tertiary/aromatic N) is 1. The summed E-state index contributed by atoms with van der Waals surface area (Å²) in [7, 11) is 1.49. The predicted molar refractivity (Wildman–Crippen MR) is 155 cm³/mol. The number of Topliss-reactive ketones (excluding diaryl/α,β-unsaturated/α-hetero) is 1. The summed E-state index contributed by atoms with van der Waals surface area (Å²) in [5, 5.41) is 22.0. The molecule has 0 bridgehead atoms. The number of carbonyl (C=O) groups excluding carboxylic acids is 4. The lowest BCUT2D eigenvalue weighted by Gasteiger charge is -2.55. The van der Waals surface area contributed by atoms with Gasteiger partial charge in [-0.3, -0.25) is 24.4 Å². The molecule has 43 heavy (non-hydrogen) atoms. The molecule has 8 heteroatoms. The lowest BCUT2D eigenvalue weighted by atomic mass is 9.44. The minimum atomic E-state index is -1.44. The third-order valence-corrected chi connectivity index (χ3v) is 9.90. The fourth-order valence-corrected chi connectivity index (χ4v) is 8.10. The van der Waals surface area contributed by atoms with E-state index < -0.39 is 46.8 Å². The van der Waals surface area contributed by atoms with E-state index in [2.05, 4.69) is 0 Å². The first-order valence-corrected chi connectivity index (χ1v) is 14.3. The summed E-state index contributed by atoms with van der Waals surface area (Å²) in [5.41, 5.74) is 1.21. The van der Waals surface area contributed by atoms with E-state index in [-0.39, 0.29) is 40.8 Å². The number of rotatable bonds is 4. The maximum Gasteiger partial charge on any atom is 0.257 e. The maximum absolute atomic E-state index is 14.8. The van der Waals surface area contributed by atoms with E-state index in [1.54, 1.807) is 36.4 Å². The molecular weight excluding hydrogens is 546 g/mol. The smallest absolute Gasteiger partial charge is 0.257 e. The molecule has 4 aliphatic rings. The van der Waals surface area contributed by atoms with E-state index in [4.69, 9.17) is 4.74 Å². The number of carbonyl (C=O) groups is 4. The zero-order valence-corrected chi connectivity index (χ0v) is 23.3. The molecule has 3 aromatic carbocycles. The van der Waals surface area contributed by atoms with Gasteiger partial charge >= 0.3 is 0 Å². The summed E-state index contributed by atoms with van der Waals surface area (Å²) in [5.74, 6) is -5.62. The molecule has 1 saturated carbocycles. The molecule has 3 aliphatic carbocycles. The zero-order chi connectivity index (χ0) is 30.0. The van der Waals surface area contributed by atoms with Crippen LogP contribution in [0.15, 0.2) is 96.6 Å². The number of fused-ring (bicyclic) bond motifs is 4. The van der Waals surface area contributed by atoms with Gasteiger partial charge in [-0.1, -0.05) is 78.4 Å². The molecule has 1 aliphatic heterocycles. The Labute approximate surface area is 247 Å². The van der Waals surface area contributed by atoms with Gasteiger partial charge in [0.05, 0.1) is 24.4 Å². The van der Waals surface area contributed by atoms with Crippen LogP contribution in [-0.2, 0) is 24.6 Å². The predicted octanol–water partition coefficient (Wildman–Crippen LogP) is 4.61. The summed E-state index contributed by atoms with van der Waals surface area (Å²) in [6.07, 6.45) is 3.62. The van der Waals surface area contributed by atoms with Crippen LogP contribution < -0.4 is 4.74 Å². The van der Waals surface area contributed by atoms with Crippen LogP contribution in [0.3, 0.4) is 0 Å². The van der Waals surface area contributed by atoms with Crippen molar-refractivity contribution in [2.75, 3.05) is 7.11 Å². The first kappa shape index (κ1) is 27.0. The average Bonchev–Trinajstić information content (AvgIpc) is 3.26. The lowest BCUT2D eigenvalue weighted by molar-refractivity contribution is -0.173. The Morgan fingerprint density at radius 2 is 1.58 bits per heavy atom. The SMILES string of the molecule is COc1ccc([C@H]2C3=CC[C@@H]4C(=O)N(O)C(=O)[C@@H]4[C@@H]3C[C@H]3C(=O)C(c4ccccc4)=CC(=O)[C@@]23c2ccccc2)c(O)c1. The Hall–Kier alpha value is -4.82. The highest BCUT2D eigenvalue weighted by Crippen LogP contribution is 2.64. The number of methoxy groups -OCH3 is 1. The molecule has 8 nitrogen and oxygen atoms in total. The van der Waals surface area contributed by atoms with Crippen LogP contribution in [0.4, 0.5) is 0 Å². The molecule has 3 aromatic rings. The van der Waals surface area contributed by atoms with E-state index in [9.17, 15) is 29.5 Å². The number of benzene rings is 3. The van der Waals surface area contributed by atoms with Crippen LogP contribution in [-0.4, -0.2) is 45.9 Å². The number of amides is 2. The fourth-order valence-electron chi connectivity index (χ4n) is 8.10. The number of hydrogen-bond acceptors (Lipinski definition) is 7. The van der Waals surface area contributed by atoms with Gasteiger partial charge in [-0.15, -0.1) is 0 Å². The van der Waals surface area contributed by atoms with Gasteiger partial charge in [-0.25, -0.2) is 0 Å². The summed E-state index contributed by atoms with van der Waals surface area (Å²) in [6.45, 7) is 0. The monoisotopic (exact) mass is 575 g/mol. The quantitative estimate of drug-likeness (QED) is 0.265. The van der Waals surface area contributed by atoms with E-state index in [1.165, 1.54) is 19.3 Å². The van der Waals surface area contributed by atoms with E-state index in [1.807, 2.05) is 42.5 Å². The molecule has 216 valence electrons. The molecular formula is C35H29NO7. The molecule has 1 saturated heterocycles. The lowest BCUT2D eigenvalue weighted by Crippen LogP contribution is -2.58. The standard InChI is InChI=1S/C35H29NO7/c1-43-21-12-13-23(28(37)16-21)31-22-14-15-24-30(34(41)36(42)33(24)40)26(22)17-27-32(39)25(19-8-4-2-5-9-19)18-29(38)35(27,31)20-10-6-3-7-11-20/h2-14,16,18,24,26-27,30-31,37,42H,15,17H2,1H3/t24-,26+,27-,30-,31+,35-/m0/s1. The Kier molecular flexibility index (Phi) is 6.21. The zero-order valence-electron chi connectivity index (χ0n) is 23.3. The number of imide groups is 1. The number of ketones is 2. The van der Waals surface area contributed by atoms with Crippen molar-refractivity contribution in [1.82, 2.24) is 5.06 Å². The number of ether oxygens (including phenoxy) is 1. The highest BCUT2D eigenvalue weighted by molar-refractivity contribution is 6.31. The molecule has 0 spiro atoms. The van der Waals surface area contributed by atoms with Crippen LogP contribution >= 0.6 is 0 Å². The van der Waals surface area contributed by atoms with Crippen molar-refractivity contribution < 1.29 is 34.2 Å². The molecule has 0 aromatic heterocycles. The van der Waals surface area contributed by atoms with Crippen LogP contribution in [0.2, 0.25) is 0 Å². The van der Waals surface area contributed by atoms with Crippen molar-refractivity contribution in [3.63, 3.8) is 0 Å². The molecule has 2 N–H and O–H groups in total. The topological polar surface area (TPSA) is 121 Å². The molecule has 1 heterocycles. The van der Waals surface area contributed by atoms with Gasteiger partial charge in [-0.2, -0.15) is 5.06 Å². The second kappa shape index (κ2) is 9.88. The van der Waals surface area contributed by atoms with Crippen molar-refractivity contribution in [1.29, 1.82) is 0 Å². The van der Waals surface area contributed by atoms with Gasteiger partial charge < -0.3 is 9.84 Å². The summed E-state index contributed by atoms with van der Waals surface area (Å²) >= 11 is 0. The van der Waals surface area contributed by atoms with Gasteiger partial charge in [0.25, 0.3) is 11.8 Å². The maximum atomic E-state index is 14.8. The van der Waals surface area contributed by atoms with Crippen LogP contribution in [0.25, 0.3) is 5.57 Å². The summed E-state index contributed by atoms with van der Waals surface area (Å²) in [6, 6.07) is 23.0. The van der Waals surface area contributed by atoms with E-state index >= 15 is 0 Å². The molecule has 6 atom stereocenters. The molecule has 7 rings (SSSR count). The Bertz CT molecular complexity index is 1740. The van der Waals surface area contributed by atoms with E-state index in [0.29, 0.717) is 28.0 Å². The average molecular weight is 576 g/mol. The number of aromatic hydroxyl groups is 1. The van der Waals surface area contributed by atoms with Gasteiger partial charge in [0, 0.05) is 29.0 Å². The molecule has 2 fully saturated rings. The Morgan fingerprint density at radius 3 is 2.26 bits per heavy atom. The van der Waals surface area contributed by atoms with Gasteiger partial charge in [-0.05, 0) is 42.0 Å². The Morgan fingerprint density at radius 1 is 0.884 bits per heavy atom. The normalized spacial score (nSPS) is 29.8. The minimum Gasteiger partial charge on any atom is -0.508 e. The number of hydroxylamine groups is 2. The van der Waals surface area contributed by atoms with Crippen molar-refractivity contribution in [3.8, 4) is 11.5 Å². The number of allylic oxidation sites excluding steroid dienone is 4. The highest BCUT2D eigenvalue weighted by atomic mass is 16.5. The number of phenolic OH excluding ortho intramolecular Hbond substituents is 1. The van der Waals surface area contributed by atoms with Crippen LogP contribution in [0.1, 0.15) is 35.4 Å². The van der Waals surface area contributed by atoms with Gasteiger partial charge in [0.1, 0.15) is 11.5 Å². The van der Waals surface area contributed by atoms with Crippen LogP contribution in [0.5, 0.6) is 11.5 Å². The first-order chi connectivity index (χ1) is 20.8.